The van der Waals surface area contributed by atoms with Crippen LogP contribution in [-0.4, -0.2) is 29.8 Å². The molecule has 1 aromatic rings. The zero-order valence-electron chi connectivity index (χ0n) is 9.90. The van der Waals surface area contributed by atoms with E-state index in [-0.39, 0.29) is 11.8 Å². The third-order valence-corrected chi connectivity index (χ3v) is 2.96. The number of benzene rings is 1. The number of amides is 2. The molecular formula is C13H16N2O2. The van der Waals surface area contributed by atoms with Gasteiger partial charge in [0.05, 0.1) is 11.1 Å². The first-order valence-corrected chi connectivity index (χ1v) is 5.82. The standard InChI is InChI=1S/C13H16N2O2/c1-9-4-5-10-11(8-9)13(17)15(12(10)16)7-3-2-6-14/h4-5,8H,2-3,6-7,14H2,1H3. The zero-order valence-corrected chi connectivity index (χ0v) is 9.90. The summed E-state index contributed by atoms with van der Waals surface area (Å²) in [6, 6.07) is 5.36. The SMILES string of the molecule is Cc1ccc2c(c1)C(=O)N(CCCCN)C2=O. The summed E-state index contributed by atoms with van der Waals surface area (Å²) in [4.78, 5) is 25.3. The summed E-state index contributed by atoms with van der Waals surface area (Å²) in [5.41, 5.74) is 7.44. The molecule has 17 heavy (non-hydrogen) atoms. The van der Waals surface area contributed by atoms with E-state index in [2.05, 4.69) is 0 Å². The summed E-state index contributed by atoms with van der Waals surface area (Å²) in [6.07, 6.45) is 1.59. The second-order valence-electron chi connectivity index (χ2n) is 4.31. The summed E-state index contributed by atoms with van der Waals surface area (Å²) in [7, 11) is 0. The first kappa shape index (κ1) is 11.8. The van der Waals surface area contributed by atoms with Gasteiger partial charge in [-0.3, -0.25) is 14.5 Å². The molecule has 0 aromatic heterocycles. The Balaban J connectivity index is 2.20. The Morgan fingerprint density at radius 1 is 1.12 bits per heavy atom. The van der Waals surface area contributed by atoms with Crippen LogP contribution in [0.1, 0.15) is 39.1 Å². The van der Waals surface area contributed by atoms with E-state index in [9.17, 15) is 9.59 Å². The average molecular weight is 232 g/mol. The smallest absolute Gasteiger partial charge is 0.261 e. The molecule has 90 valence electrons. The molecule has 1 heterocycles. The molecule has 0 saturated carbocycles. The van der Waals surface area contributed by atoms with E-state index in [1.165, 1.54) is 4.90 Å². The van der Waals surface area contributed by atoms with Crippen molar-refractivity contribution in [2.24, 2.45) is 5.73 Å². The molecule has 0 radical (unpaired) electrons. The number of hydrogen-bond donors (Lipinski definition) is 1. The molecule has 0 bridgehead atoms. The van der Waals surface area contributed by atoms with Crippen LogP contribution in [0.4, 0.5) is 0 Å². The van der Waals surface area contributed by atoms with Crippen molar-refractivity contribution in [1.29, 1.82) is 0 Å². The number of imide groups is 1. The highest BCUT2D eigenvalue weighted by molar-refractivity contribution is 6.21. The number of nitrogens with zero attached hydrogens (tertiary/aromatic N) is 1. The number of aryl methyl sites for hydroxylation is 1. The van der Waals surface area contributed by atoms with E-state index >= 15 is 0 Å². The van der Waals surface area contributed by atoms with Gasteiger partial charge in [0.2, 0.25) is 0 Å². The molecule has 1 aliphatic rings. The van der Waals surface area contributed by atoms with Crippen molar-refractivity contribution in [1.82, 2.24) is 4.90 Å². The Morgan fingerprint density at radius 3 is 2.53 bits per heavy atom. The second-order valence-corrected chi connectivity index (χ2v) is 4.31. The number of carbonyl (C=O) groups is 2. The van der Waals surface area contributed by atoms with E-state index in [1.54, 1.807) is 12.1 Å². The third kappa shape index (κ3) is 2.08. The number of rotatable bonds is 4. The molecule has 1 aliphatic heterocycles. The first-order chi connectivity index (χ1) is 8.15. The third-order valence-electron chi connectivity index (χ3n) is 2.96. The van der Waals surface area contributed by atoms with Crippen LogP contribution in [0.2, 0.25) is 0 Å². The highest BCUT2D eigenvalue weighted by Gasteiger charge is 2.34. The van der Waals surface area contributed by atoms with Crippen LogP contribution in [0.5, 0.6) is 0 Å². The van der Waals surface area contributed by atoms with Gasteiger partial charge in [-0.15, -0.1) is 0 Å². The van der Waals surface area contributed by atoms with Crippen molar-refractivity contribution in [3.8, 4) is 0 Å². The van der Waals surface area contributed by atoms with Gasteiger partial charge in [0.25, 0.3) is 11.8 Å². The Labute approximate surface area is 100 Å². The van der Waals surface area contributed by atoms with Crippen LogP contribution in [0, 0.1) is 6.92 Å². The maximum Gasteiger partial charge on any atom is 0.261 e. The van der Waals surface area contributed by atoms with Gasteiger partial charge in [0.1, 0.15) is 0 Å². The predicted molar refractivity (Wildman–Crippen MR) is 64.8 cm³/mol. The maximum absolute atomic E-state index is 12.0. The van der Waals surface area contributed by atoms with Crippen LogP contribution >= 0.6 is 0 Å². The van der Waals surface area contributed by atoms with Gasteiger partial charge in [0, 0.05) is 6.54 Å². The number of carbonyl (C=O) groups excluding carboxylic acids is 2. The highest BCUT2D eigenvalue weighted by Crippen LogP contribution is 2.23. The summed E-state index contributed by atoms with van der Waals surface area (Å²) < 4.78 is 0. The second kappa shape index (κ2) is 4.67. The lowest BCUT2D eigenvalue weighted by Crippen LogP contribution is -2.30. The van der Waals surface area contributed by atoms with Gasteiger partial charge in [-0.1, -0.05) is 11.6 Å². The molecule has 0 unspecified atom stereocenters. The number of unbranched alkanes of at least 4 members (excludes halogenated alkanes) is 1. The minimum Gasteiger partial charge on any atom is -0.330 e. The Bertz CT molecular complexity index is 468. The van der Waals surface area contributed by atoms with Gasteiger partial charge < -0.3 is 5.73 Å². The fourth-order valence-electron chi connectivity index (χ4n) is 2.02. The molecule has 0 fully saturated rings. The molecule has 0 aliphatic carbocycles. The summed E-state index contributed by atoms with van der Waals surface area (Å²) in [6.45, 7) is 2.96. The minimum atomic E-state index is -0.179. The average Bonchev–Trinajstić information content (AvgIpc) is 2.54. The maximum atomic E-state index is 12.0. The Kier molecular flexibility index (Phi) is 3.24. The summed E-state index contributed by atoms with van der Waals surface area (Å²) in [5, 5.41) is 0. The lowest BCUT2D eigenvalue weighted by atomic mass is 10.1. The topological polar surface area (TPSA) is 63.4 Å². The molecule has 0 atom stereocenters. The van der Waals surface area contributed by atoms with Gasteiger partial charge in [-0.05, 0) is 38.4 Å². The van der Waals surface area contributed by atoms with Gasteiger partial charge in [-0.2, -0.15) is 0 Å². The van der Waals surface area contributed by atoms with Gasteiger partial charge in [0.15, 0.2) is 0 Å². The fourth-order valence-corrected chi connectivity index (χ4v) is 2.02. The van der Waals surface area contributed by atoms with Crippen LogP contribution < -0.4 is 5.73 Å². The largest absolute Gasteiger partial charge is 0.330 e. The normalized spacial score (nSPS) is 14.4. The summed E-state index contributed by atoms with van der Waals surface area (Å²) in [5.74, 6) is -0.354. The number of fused-ring (bicyclic) bond motifs is 1. The van der Waals surface area contributed by atoms with Crippen LogP contribution in [0.15, 0.2) is 18.2 Å². The van der Waals surface area contributed by atoms with Crippen molar-refractivity contribution in [3.63, 3.8) is 0 Å². The molecule has 2 N–H and O–H groups in total. The lowest BCUT2D eigenvalue weighted by Gasteiger charge is -2.12. The van der Waals surface area contributed by atoms with Crippen molar-refractivity contribution < 1.29 is 9.59 Å². The van der Waals surface area contributed by atoms with Crippen molar-refractivity contribution in [3.05, 3.63) is 34.9 Å². The van der Waals surface area contributed by atoms with E-state index in [1.807, 2.05) is 13.0 Å². The monoisotopic (exact) mass is 232 g/mol. The zero-order chi connectivity index (χ0) is 12.4. The van der Waals surface area contributed by atoms with Crippen molar-refractivity contribution in [2.75, 3.05) is 13.1 Å². The van der Waals surface area contributed by atoms with E-state index < -0.39 is 0 Å². The van der Waals surface area contributed by atoms with E-state index in [0.717, 1.165) is 18.4 Å². The van der Waals surface area contributed by atoms with Crippen molar-refractivity contribution >= 4 is 11.8 Å². The number of hydrogen-bond acceptors (Lipinski definition) is 3. The van der Waals surface area contributed by atoms with Crippen molar-refractivity contribution in [2.45, 2.75) is 19.8 Å². The Hall–Kier alpha value is -1.68. The lowest BCUT2D eigenvalue weighted by molar-refractivity contribution is 0.0652. The summed E-state index contributed by atoms with van der Waals surface area (Å²) >= 11 is 0. The molecule has 0 spiro atoms. The van der Waals surface area contributed by atoms with Gasteiger partial charge in [-0.25, -0.2) is 0 Å². The first-order valence-electron chi connectivity index (χ1n) is 5.82. The molecule has 2 amide bonds. The van der Waals surface area contributed by atoms with Crippen LogP contribution in [0.3, 0.4) is 0 Å². The molecule has 1 aromatic carbocycles. The van der Waals surface area contributed by atoms with E-state index in [0.29, 0.717) is 24.2 Å². The molecule has 2 rings (SSSR count). The highest BCUT2D eigenvalue weighted by atomic mass is 16.2. The minimum absolute atomic E-state index is 0.175. The predicted octanol–water partition coefficient (Wildman–Crippen LogP) is 1.33. The molecule has 0 saturated heterocycles. The molecule has 4 heteroatoms. The van der Waals surface area contributed by atoms with Gasteiger partial charge >= 0.3 is 0 Å². The van der Waals surface area contributed by atoms with E-state index in [4.69, 9.17) is 5.73 Å². The van der Waals surface area contributed by atoms with Crippen LogP contribution in [0.25, 0.3) is 0 Å². The number of nitrogens with two attached hydrogens (primary N) is 1. The Morgan fingerprint density at radius 2 is 1.82 bits per heavy atom. The molecule has 4 nitrogen and oxygen atoms in total. The van der Waals surface area contributed by atoms with Crippen LogP contribution in [-0.2, 0) is 0 Å². The quantitative estimate of drug-likeness (QED) is 0.629. The fraction of sp³-hybridized carbons (Fsp3) is 0.385. The molecular weight excluding hydrogens is 216 g/mol.